The maximum absolute atomic E-state index is 12.1. The molecule has 0 unspecified atom stereocenters. The molecule has 0 aliphatic heterocycles. The quantitative estimate of drug-likeness (QED) is 0.749. The Hall–Kier alpha value is -0.350. The fourth-order valence-corrected chi connectivity index (χ4v) is 3.99. The molecule has 2 nitrogen and oxygen atoms in total. The van der Waals surface area contributed by atoms with Crippen molar-refractivity contribution in [2.45, 2.75) is 51.5 Å². The summed E-state index contributed by atoms with van der Waals surface area (Å²) in [5.41, 5.74) is 1.21. The summed E-state index contributed by atoms with van der Waals surface area (Å²) in [5.74, 6) is 1.08. The van der Waals surface area contributed by atoms with Gasteiger partial charge in [0.25, 0.3) is 0 Å². The Morgan fingerprint density at radius 2 is 2.16 bits per heavy atom. The van der Waals surface area contributed by atoms with Gasteiger partial charge in [-0.25, -0.2) is 0 Å². The number of hydrogen-bond acceptors (Lipinski definition) is 2. The SMILES string of the molecule is CN(Cc1csc(Br)c1)C(=O)CCC1CCCCC1. The molecule has 1 aromatic heterocycles. The van der Waals surface area contributed by atoms with Crippen LogP contribution >= 0.6 is 27.3 Å². The van der Waals surface area contributed by atoms with Gasteiger partial charge >= 0.3 is 0 Å². The van der Waals surface area contributed by atoms with Gasteiger partial charge in [-0.1, -0.05) is 32.1 Å². The van der Waals surface area contributed by atoms with Crippen LogP contribution < -0.4 is 0 Å². The number of thiophene rings is 1. The zero-order chi connectivity index (χ0) is 13.7. The van der Waals surface area contributed by atoms with Gasteiger partial charge in [-0.3, -0.25) is 4.79 Å². The van der Waals surface area contributed by atoms with Crippen molar-refractivity contribution in [2.75, 3.05) is 7.05 Å². The molecule has 1 fully saturated rings. The van der Waals surface area contributed by atoms with Crippen LogP contribution in [0.25, 0.3) is 0 Å². The van der Waals surface area contributed by atoms with E-state index >= 15 is 0 Å². The number of amides is 1. The molecular formula is C15H22BrNOS. The summed E-state index contributed by atoms with van der Waals surface area (Å²) in [6, 6.07) is 2.09. The van der Waals surface area contributed by atoms with E-state index in [4.69, 9.17) is 0 Å². The summed E-state index contributed by atoms with van der Waals surface area (Å²) in [6.07, 6.45) is 8.55. The average Bonchev–Trinajstić information content (AvgIpc) is 2.82. The predicted octanol–water partition coefficient (Wildman–Crippen LogP) is 4.83. The topological polar surface area (TPSA) is 20.3 Å². The summed E-state index contributed by atoms with van der Waals surface area (Å²) in [7, 11) is 1.91. The van der Waals surface area contributed by atoms with Crippen LogP contribution in [0.4, 0.5) is 0 Å². The molecule has 106 valence electrons. The molecule has 0 bridgehead atoms. The molecule has 0 spiro atoms. The molecular weight excluding hydrogens is 322 g/mol. The van der Waals surface area contributed by atoms with Crippen LogP contribution in [0.3, 0.4) is 0 Å². The number of rotatable bonds is 5. The van der Waals surface area contributed by atoms with Gasteiger partial charge in [0.15, 0.2) is 0 Å². The normalized spacial score (nSPS) is 16.5. The third-order valence-electron chi connectivity index (χ3n) is 3.96. The van der Waals surface area contributed by atoms with E-state index in [1.165, 1.54) is 37.7 Å². The fourth-order valence-electron chi connectivity index (χ4n) is 2.79. The number of carbonyl (C=O) groups is 1. The van der Waals surface area contributed by atoms with E-state index in [-0.39, 0.29) is 5.91 Å². The van der Waals surface area contributed by atoms with Crippen molar-refractivity contribution in [2.24, 2.45) is 5.92 Å². The average molecular weight is 344 g/mol. The van der Waals surface area contributed by atoms with Crippen LogP contribution in [0.15, 0.2) is 15.2 Å². The van der Waals surface area contributed by atoms with Gasteiger partial charge in [-0.05, 0) is 45.3 Å². The van der Waals surface area contributed by atoms with Gasteiger partial charge < -0.3 is 4.90 Å². The van der Waals surface area contributed by atoms with Gasteiger partial charge in [-0.15, -0.1) is 11.3 Å². The number of hydrogen-bond donors (Lipinski definition) is 0. The highest BCUT2D eigenvalue weighted by atomic mass is 79.9. The molecule has 2 rings (SSSR count). The lowest BCUT2D eigenvalue weighted by atomic mass is 9.86. The van der Waals surface area contributed by atoms with E-state index in [1.807, 2.05) is 11.9 Å². The first kappa shape index (κ1) is 15.0. The van der Waals surface area contributed by atoms with Gasteiger partial charge in [0.1, 0.15) is 0 Å². The number of halogens is 1. The standard InChI is InChI=1S/C15H22BrNOS/c1-17(10-13-9-14(16)19-11-13)15(18)8-7-12-5-3-2-4-6-12/h9,11-12H,2-8,10H2,1H3. The second-order valence-electron chi connectivity index (χ2n) is 5.55. The van der Waals surface area contributed by atoms with E-state index in [0.29, 0.717) is 6.42 Å². The molecule has 1 aliphatic rings. The van der Waals surface area contributed by atoms with E-state index in [1.54, 1.807) is 11.3 Å². The van der Waals surface area contributed by atoms with Crippen molar-refractivity contribution >= 4 is 33.2 Å². The van der Waals surface area contributed by atoms with E-state index in [0.717, 1.165) is 22.7 Å². The number of nitrogens with zero attached hydrogens (tertiary/aromatic N) is 1. The lowest BCUT2D eigenvalue weighted by Crippen LogP contribution is -2.26. The predicted molar refractivity (Wildman–Crippen MR) is 84.3 cm³/mol. The summed E-state index contributed by atoms with van der Waals surface area (Å²) in [4.78, 5) is 14.0. The fraction of sp³-hybridized carbons (Fsp3) is 0.667. The number of carbonyl (C=O) groups excluding carboxylic acids is 1. The summed E-state index contributed by atoms with van der Waals surface area (Å²) in [6.45, 7) is 0.728. The molecule has 0 atom stereocenters. The van der Waals surface area contributed by atoms with E-state index in [2.05, 4.69) is 27.4 Å². The highest BCUT2D eigenvalue weighted by Crippen LogP contribution is 2.27. The first-order valence-corrected chi connectivity index (χ1v) is 8.79. The van der Waals surface area contributed by atoms with Crippen molar-refractivity contribution in [1.29, 1.82) is 0 Å². The lowest BCUT2D eigenvalue weighted by Gasteiger charge is -2.22. The third kappa shape index (κ3) is 4.92. The van der Waals surface area contributed by atoms with Crippen molar-refractivity contribution in [3.8, 4) is 0 Å². The van der Waals surface area contributed by atoms with Gasteiger partial charge in [0, 0.05) is 20.0 Å². The molecule has 1 heterocycles. The summed E-state index contributed by atoms with van der Waals surface area (Å²) in [5, 5.41) is 2.11. The Labute approximate surface area is 128 Å². The van der Waals surface area contributed by atoms with Crippen LogP contribution in [0, 0.1) is 5.92 Å². The van der Waals surface area contributed by atoms with Crippen LogP contribution in [0.1, 0.15) is 50.5 Å². The Balaban J connectivity index is 1.72. The molecule has 4 heteroatoms. The Morgan fingerprint density at radius 1 is 1.42 bits per heavy atom. The Bertz CT molecular complexity index is 412. The Kier molecular flexibility index (Phi) is 5.89. The smallest absolute Gasteiger partial charge is 0.222 e. The van der Waals surface area contributed by atoms with Gasteiger partial charge in [0.2, 0.25) is 5.91 Å². The van der Waals surface area contributed by atoms with Crippen LogP contribution in [0.2, 0.25) is 0 Å². The summed E-state index contributed by atoms with van der Waals surface area (Å²) >= 11 is 5.13. The highest BCUT2D eigenvalue weighted by Gasteiger charge is 2.16. The third-order valence-corrected chi connectivity index (χ3v) is 5.51. The minimum absolute atomic E-state index is 0.285. The van der Waals surface area contributed by atoms with Crippen LogP contribution in [0.5, 0.6) is 0 Å². The first-order valence-electron chi connectivity index (χ1n) is 7.12. The maximum atomic E-state index is 12.1. The monoisotopic (exact) mass is 343 g/mol. The molecule has 0 N–H and O–H groups in total. The van der Waals surface area contributed by atoms with Crippen LogP contribution in [-0.2, 0) is 11.3 Å². The van der Waals surface area contributed by atoms with Gasteiger partial charge in [0.05, 0.1) is 3.79 Å². The Morgan fingerprint density at radius 3 is 2.79 bits per heavy atom. The maximum Gasteiger partial charge on any atom is 0.222 e. The van der Waals surface area contributed by atoms with Crippen molar-refractivity contribution in [3.05, 3.63) is 20.8 Å². The minimum atomic E-state index is 0.285. The second-order valence-corrected chi connectivity index (χ2v) is 7.84. The second kappa shape index (κ2) is 7.44. The van der Waals surface area contributed by atoms with Crippen molar-refractivity contribution in [1.82, 2.24) is 4.90 Å². The highest BCUT2D eigenvalue weighted by molar-refractivity contribution is 9.11. The van der Waals surface area contributed by atoms with E-state index < -0.39 is 0 Å². The minimum Gasteiger partial charge on any atom is -0.341 e. The van der Waals surface area contributed by atoms with Gasteiger partial charge in [-0.2, -0.15) is 0 Å². The van der Waals surface area contributed by atoms with E-state index in [9.17, 15) is 4.79 Å². The molecule has 1 saturated carbocycles. The largest absolute Gasteiger partial charge is 0.341 e. The lowest BCUT2D eigenvalue weighted by molar-refractivity contribution is -0.130. The molecule has 19 heavy (non-hydrogen) atoms. The van der Waals surface area contributed by atoms with Crippen molar-refractivity contribution in [3.63, 3.8) is 0 Å². The molecule has 1 aliphatic carbocycles. The summed E-state index contributed by atoms with van der Waals surface area (Å²) < 4.78 is 1.13. The zero-order valence-corrected chi connectivity index (χ0v) is 13.9. The van der Waals surface area contributed by atoms with Crippen molar-refractivity contribution < 1.29 is 4.79 Å². The molecule has 0 saturated heterocycles. The molecule has 1 aromatic rings. The van der Waals surface area contributed by atoms with Crippen LogP contribution in [-0.4, -0.2) is 17.9 Å². The first-order chi connectivity index (χ1) is 9.15. The molecule has 1 amide bonds. The zero-order valence-electron chi connectivity index (χ0n) is 11.5. The molecule has 0 aromatic carbocycles. The molecule has 0 radical (unpaired) electrons.